The van der Waals surface area contributed by atoms with Crippen LogP contribution in [0.2, 0.25) is 0 Å². The van der Waals surface area contributed by atoms with Crippen molar-refractivity contribution in [1.29, 1.82) is 0 Å². The highest BCUT2D eigenvalue weighted by atomic mass is 16.1. The number of nitrogens with zero attached hydrogens (tertiary/aromatic N) is 3. The number of H-pyrrole nitrogens is 1. The van der Waals surface area contributed by atoms with Crippen molar-refractivity contribution in [2.45, 2.75) is 20.0 Å². The van der Waals surface area contributed by atoms with Gasteiger partial charge in [-0.25, -0.2) is 4.68 Å². The summed E-state index contributed by atoms with van der Waals surface area (Å²) in [6, 6.07) is 24.0. The van der Waals surface area contributed by atoms with E-state index in [4.69, 9.17) is 5.10 Å². The fraction of sp³-hybridized carbons (Fsp3) is 0.115. The van der Waals surface area contributed by atoms with Gasteiger partial charge in [0.15, 0.2) is 0 Å². The predicted molar refractivity (Wildman–Crippen MR) is 127 cm³/mol. The maximum atomic E-state index is 12.9. The molecule has 0 bridgehead atoms. The van der Waals surface area contributed by atoms with Gasteiger partial charge in [0, 0.05) is 42.0 Å². The van der Waals surface area contributed by atoms with E-state index in [0.717, 1.165) is 27.9 Å². The summed E-state index contributed by atoms with van der Waals surface area (Å²) < 4.78 is 1.80. The van der Waals surface area contributed by atoms with Crippen LogP contribution in [0.15, 0.2) is 90.0 Å². The Morgan fingerprint density at radius 1 is 0.969 bits per heavy atom. The van der Waals surface area contributed by atoms with Crippen LogP contribution in [0.3, 0.4) is 0 Å². The molecular weight excluding hydrogens is 398 g/mol. The summed E-state index contributed by atoms with van der Waals surface area (Å²) in [4.78, 5) is 20.1. The Balaban J connectivity index is 1.57. The lowest BCUT2D eigenvalue weighted by atomic mass is 10.1. The number of nitrogens with one attached hydrogen (secondary N) is 2. The van der Waals surface area contributed by atoms with Gasteiger partial charge in [0.25, 0.3) is 5.56 Å². The summed E-state index contributed by atoms with van der Waals surface area (Å²) in [6.45, 7) is 3.15. The van der Waals surface area contributed by atoms with Gasteiger partial charge in [-0.1, -0.05) is 54.1 Å². The van der Waals surface area contributed by atoms with E-state index in [1.807, 2.05) is 54.7 Å². The first-order chi connectivity index (χ1) is 15.7. The van der Waals surface area contributed by atoms with Crippen LogP contribution in [-0.2, 0) is 13.1 Å². The third-order valence-electron chi connectivity index (χ3n) is 5.46. The Bertz CT molecular complexity index is 1400. The van der Waals surface area contributed by atoms with Gasteiger partial charge in [0.05, 0.1) is 5.69 Å². The first-order valence-electron chi connectivity index (χ1n) is 10.6. The summed E-state index contributed by atoms with van der Waals surface area (Å²) in [6.07, 6.45) is 3.57. The van der Waals surface area contributed by atoms with E-state index in [1.54, 1.807) is 10.9 Å². The minimum absolute atomic E-state index is 0.122. The van der Waals surface area contributed by atoms with E-state index in [0.29, 0.717) is 24.3 Å². The number of aryl methyl sites for hydroxylation is 1. The Hall–Kier alpha value is -4.03. The summed E-state index contributed by atoms with van der Waals surface area (Å²) in [5, 5.41) is 9.14. The SMILES string of the molecule is Cc1ccc(-c2nn(-c3ccccc3)c3[nH]c(=O)c(CNCc4cccnc4)cc23)cc1. The molecular formula is C26H23N5O. The average molecular weight is 422 g/mol. The Kier molecular flexibility index (Phi) is 5.35. The maximum absolute atomic E-state index is 12.9. The number of hydrogen-bond donors (Lipinski definition) is 2. The molecule has 3 aromatic heterocycles. The van der Waals surface area contributed by atoms with Crippen molar-refractivity contribution >= 4 is 11.0 Å². The van der Waals surface area contributed by atoms with Gasteiger partial charge in [0.1, 0.15) is 11.3 Å². The molecule has 2 aromatic carbocycles. The number of fused-ring (bicyclic) bond motifs is 1. The van der Waals surface area contributed by atoms with Gasteiger partial charge in [-0.3, -0.25) is 9.78 Å². The third-order valence-corrected chi connectivity index (χ3v) is 5.46. The number of aromatic nitrogens is 4. The van der Waals surface area contributed by atoms with Gasteiger partial charge in [0.2, 0.25) is 0 Å². The number of para-hydroxylation sites is 1. The van der Waals surface area contributed by atoms with Crippen molar-refractivity contribution < 1.29 is 0 Å². The van der Waals surface area contributed by atoms with E-state index in [2.05, 4.69) is 46.5 Å². The Morgan fingerprint density at radius 2 is 1.78 bits per heavy atom. The second kappa shape index (κ2) is 8.61. The molecule has 0 amide bonds. The van der Waals surface area contributed by atoms with Gasteiger partial charge < -0.3 is 10.3 Å². The molecule has 32 heavy (non-hydrogen) atoms. The first kappa shape index (κ1) is 19.9. The molecule has 0 saturated heterocycles. The zero-order valence-electron chi connectivity index (χ0n) is 17.7. The maximum Gasteiger partial charge on any atom is 0.254 e. The number of pyridine rings is 2. The van der Waals surface area contributed by atoms with Crippen LogP contribution in [0.1, 0.15) is 16.7 Å². The highest BCUT2D eigenvalue weighted by molar-refractivity contribution is 5.92. The molecule has 5 aromatic rings. The summed E-state index contributed by atoms with van der Waals surface area (Å²) in [5.41, 5.74) is 6.24. The highest BCUT2D eigenvalue weighted by Crippen LogP contribution is 2.29. The van der Waals surface area contributed by atoms with E-state index in [-0.39, 0.29) is 5.56 Å². The lowest BCUT2D eigenvalue weighted by Crippen LogP contribution is -2.21. The van der Waals surface area contributed by atoms with Gasteiger partial charge in [-0.2, -0.15) is 5.10 Å². The molecule has 3 heterocycles. The van der Waals surface area contributed by atoms with Crippen molar-refractivity contribution in [3.05, 3.63) is 112 Å². The second-order valence-electron chi connectivity index (χ2n) is 7.81. The van der Waals surface area contributed by atoms with E-state index in [9.17, 15) is 4.79 Å². The van der Waals surface area contributed by atoms with Crippen molar-refractivity contribution in [3.8, 4) is 16.9 Å². The van der Waals surface area contributed by atoms with E-state index in [1.165, 1.54) is 5.56 Å². The third kappa shape index (κ3) is 3.96. The van der Waals surface area contributed by atoms with Gasteiger partial charge >= 0.3 is 0 Å². The fourth-order valence-corrected chi connectivity index (χ4v) is 3.77. The molecule has 6 nitrogen and oxygen atoms in total. The molecule has 0 fully saturated rings. The molecule has 158 valence electrons. The lowest BCUT2D eigenvalue weighted by Gasteiger charge is -2.06. The molecule has 0 spiro atoms. The topological polar surface area (TPSA) is 75.6 Å². The molecule has 0 atom stereocenters. The van der Waals surface area contributed by atoms with Crippen LogP contribution < -0.4 is 10.9 Å². The van der Waals surface area contributed by atoms with Crippen molar-refractivity contribution in [1.82, 2.24) is 25.1 Å². The molecule has 0 radical (unpaired) electrons. The van der Waals surface area contributed by atoms with Crippen LogP contribution in [0, 0.1) is 6.92 Å². The lowest BCUT2D eigenvalue weighted by molar-refractivity contribution is 0.686. The zero-order chi connectivity index (χ0) is 21.9. The standard InChI is InChI=1S/C26H23N5O/c1-18-9-11-20(12-10-18)24-23-14-21(17-28-16-19-6-5-13-27-15-19)26(32)29-25(23)31(30-24)22-7-3-2-4-8-22/h2-15,28H,16-17H2,1H3,(H,29,32). The average Bonchev–Trinajstić information content (AvgIpc) is 3.19. The monoisotopic (exact) mass is 421 g/mol. The second-order valence-corrected chi connectivity index (χ2v) is 7.81. The van der Waals surface area contributed by atoms with Gasteiger partial charge in [-0.05, 0) is 36.8 Å². The minimum atomic E-state index is -0.122. The van der Waals surface area contributed by atoms with Crippen molar-refractivity contribution in [2.24, 2.45) is 0 Å². The van der Waals surface area contributed by atoms with Crippen LogP contribution in [-0.4, -0.2) is 19.7 Å². The molecule has 5 rings (SSSR count). The number of aromatic amines is 1. The normalized spacial score (nSPS) is 11.2. The number of rotatable bonds is 6. The summed E-state index contributed by atoms with van der Waals surface area (Å²) in [5.74, 6) is 0. The molecule has 2 N–H and O–H groups in total. The van der Waals surface area contributed by atoms with E-state index < -0.39 is 0 Å². The van der Waals surface area contributed by atoms with Crippen LogP contribution >= 0.6 is 0 Å². The molecule has 0 aliphatic rings. The Morgan fingerprint density at radius 3 is 2.53 bits per heavy atom. The molecule has 0 aliphatic heterocycles. The smallest absolute Gasteiger partial charge is 0.254 e. The molecule has 0 saturated carbocycles. The summed E-state index contributed by atoms with van der Waals surface area (Å²) in [7, 11) is 0. The van der Waals surface area contributed by atoms with Gasteiger partial charge in [-0.15, -0.1) is 0 Å². The fourth-order valence-electron chi connectivity index (χ4n) is 3.77. The zero-order valence-corrected chi connectivity index (χ0v) is 17.7. The van der Waals surface area contributed by atoms with Crippen molar-refractivity contribution in [2.75, 3.05) is 0 Å². The molecule has 0 aliphatic carbocycles. The first-order valence-corrected chi connectivity index (χ1v) is 10.6. The van der Waals surface area contributed by atoms with Crippen molar-refractivity contribution in [3.63, 3.8) is 0 Å². The largest absolute Gasteiger partial charge is 0.308 e. The Labute approximate surface area is 185 Å². The highest BCUT2D eigenvalue weighted by Gasteiger charge is 2.16. The molecule has 6 heteroatoms. The number of benzene rings is 2. The van der Waals surface area contributed by atoms with E-state index >= 15 is 0 Å². The predicted octanol–water partition coefficient (Wildman–Crippen LogP) is 4.37. The quantitative estimate of drug-likeness (QED) is 0.427. The molecule has 0 unspecified atom stereocenters. The minimum Gasteiger partial charge on any atom is -0.308 e. The van der Waals surface area contributed by atoms with Crippen LogP contribution in [0.5, 0.6) is 0 Å². The summed E-state index contributed by atoms with van der Waals surface area (Å²) >= 11 is 0. The number of hydrogen-bond acceptors (Lipinski definition) is 4. The van der Waals surface area contributed by atoms with Crippen LogP contribution in [0.4, 0.5) is 0 Å². The van der Waals surface area contributed by atoms with Crippen LogP contribution in [0.25, 0.3) is 28.0 Å².